The monoisotopic (exact) mass is 281 g/mol. The molecule has 5 heteroatoms. The Balaban J connectivity index is 2.07. The summed E-state index contributed by atoms with van der Waals surface area (Å²) in [6.45, 7) is 3.24. The molecule has 1 aromatic rings. The lowest BCUT2D eigenvalue weighted by molar-refractivity contribution is 0.0684. The van der Waals surface area contributed by atoms with Crippen molar-refractivity contribution in [2.24, 2.45) is 0 Å². The lowest BCUT2D eigenvalue weighted by atomic mass is 10.1. The first-order valence-electron chi connectivity index (χ1n) is 6.31. The highest BCUT2D eigenvalue weighted by atomic mass is 32.1. The van der Waals surface area contributed by atoms with E-state index in [0.717, 1.165) is 48.4 Å². The lowest BCUT2D eigenvalue weighted by Gasteiger charge is -2.29. The third-order valence-electron chi connectivity index (χ3n) is 3.20. The highest BCUT2D eigenvalue weighted by Crippen LogP contribution is 2.25. The predicted octanol–water partition coefficient (Wildman–Crippen LogP) is 1.91. The molecule has 2 rings (SSSR count). The fraction of sp³-hybridized carbons (Fsp3) is 0.500. The standard InChI is InChI=1S/C14H19NO3S/c1-16-12-4-3-11(13(10-12)17-2)9-14(19)15-5-7-18-8-6-15/h3-4,10H,5-9H2,1-2H3. The zero-order valence-corrected chi connectivity index (χ0v) is 12.2. The number of morpholine rings is 1. The molecule has 0 radical (unpaired) electrons. The van der Waals surface area contributed by atoms with E-state index in [4.69, 9.17) is 26.4 Å². The molecule has 4 nitrogen and oxygen atoms in total. The van der Waals surface area contributed by atoms with E-state index < -0.39 is 0 Å². The number of ether oxygens (including phenoxy) is 3. The van der Waals surface area contributed by atoms with E-state index in [-0.39, 0.29) is 0 Å². The van der Waals surface area contributed by atoms with Crippen molar-refractivity contribution >= 4 is 17.2 Å². The van der Waals surface area contributed by atoms with Gasteiger partial charge in [0.25, 0.3) is 0 Å². The van der Waals surface area contributed by atoms with Gasteiger partial charge < -0.3 is 19.1 Å². The second kappa shape index (κ2) is 6.73. The molecule has 1 aliphatic heterocycles. The van der Waals surface area contributed by atoms with Gasteiger partial charge in [-0.2, -0.15) is 0 Å². The Morgan fingerprint density at radius 3 is 2.63 bits per heavy atom. The maximum atomic E-state index is 5.51. The summed E-state index contributed by atoms with van der Waals surface area (Å²) >= 11 is 5.51. The Morgan fingerprint density at radius 1 is 1.26 bits per heavy atom. The third kappa shape index (κ3) is 3.58. The number of rotatable bonds is 4. The molecule has 1 heterocycles. The van der Waals surface area contributed by atoms with Crippen molar-refractivity contribution in [1.29, 1.82) is 0 Å². The molecule has 0 atom stereocenters. The van der Waals surface area contributed by atoms with Gasteiger partial charge in [0.15, 0.2) is 0 Å². The smallest absolute Gasteiger partial charge is 0.126 e. The summed E-state index contributed by atoms with van der Waals surface area (Å²) in [6.07, 6.45) is 0.711. The molecule has 19 heavy (non-hydrogen) atoms. The number of methoxy groups -OCH3 is 2. The summed E-state index contributed by atoms with van der Waals surface area (Å²) in [4.78, 5) is 3.13. The van der Waals surface area contributed by atoms with Gasteiger partial charge in [0.05, 0.1) is 32.4 Å². The maximum absolute atomic E-state index is 5.51. The van der Waals surface area contributed by atoms with E-state index in [1.165, 1.54) is 0 Å². The molecule has 0 saturated carbocycles. The van der Waals surface area contributed by atoms with Gasteiger partial charge in [-0.15, -0.1) is 0 Å². The van der Waals surface area contributed by atoms with E-state index in [1.807, 2.05) is 18.2 Å². The van der Waals surface area contributed by atoms with Crippen LogP contribution < -0.4 is 9.47 Å². The predicted molar refractivity (Wildman–Crippen MR) is 78.2 cm³/mol. The Bertz CT molecular complexity index is 444. The van der Waals surface area contributed by atoms with Crippen molar-refractivity contribution in [2.75, 3.05) is 40.5 Å². The average Bonchev–Trinajstić information content (AvgIpc) is 2.48. The van der Waals surface area contributed by atoms with Gasteiger partial charge in [0, 0.05) is 31.1 Å². The highest BCUT2D eigenvalue weighted by molar-refractivity contribution is 7.80. The number of thiocarbonyl (C=S) groups is 1. The summed E-state index contributed by atoms with van der Waals surface area (Å²) in [6, 6.07) is 5.82. The van der Waals surface area contributed by atoms with Gasteiger partial charge in [0.2, 0.25) is 0 Å². The second-order valence-corrected chi connectivity index (χ2v) is 4.82. The zero-order valence-electron chi connectivity index (χ0n) is 11.3. The number of benzene rings is 1. The van der Waals surface area contributed by atoms with E-state index in [9.17, 15) is 0 Å². The van der Waals surface area contributed by atoms with Crippen LogP contribution in [0.2, 0.25) is 0 Å². The molecular formula is C14H19NO3S. The minimum atomic E-state index is 0.711. The number of hydrogen-bond acceptors (Lipinski definition) is 4. The summed E-state index contributed by atoms with van der Waals surface area (Å²) in [5, 5.41) is 0. The van der Waals surface area contributed by atoms with Crippen LogP contribution in [0.5, 0.6) is 11.5 Å². The van der Waals surface area contributed by atoms with E-state index in [1.54, 1.807) is 14.2 Å². The second-order valence-electron chi connectivity index (χ2n) is 4.35. The minimum Gasteiger partial charge on any atom is -0.497 e. The molecule has 104 valence electrons. The van der Waals surface area contributed by atoms with Gasteiger partial charge in [-0.05, 0) is 6.07 Å². The Kier molecular flexibility index (Phi) is 4.99. The summed E-state index contributed by atoms with van der Waals surface area (Å²) < 4.78 is 15.9. The van der Waals surface area contributed by atoms with Gasteiger partial charge in [-0.3, -0.25) is 0 Å². The molecule has 0 aliphatic carbocycles. The molecule has 0 N–H and O–H groups in total. The van der Waals surface area contributed by atoms with Crippen molar-refractivity contribution in [1.82, 2.24) is 4.90 Å². The summed E-state index contributed by atoms with van der Waals surface area (Å²) in [5.41, 5.74) is 1.08. The van der Waals surface area contributed by atoms with Crippen molar-refractivity contribution in [3.8, 4) is 11.5 Å². The molecule has 0 aromatic heterocycles. The molecular weight excluding hydrogens is 262 g/mol. The first-order chi connectivity index (χ1) is 9.24. The third-order valence-corrected chi connectivity index (χ3v) is 3.60. The van der Waals surface area contributed by atoms with Crippen LogP contribution in [0.4, 0.5) is 0 Å². The van der Waals surface area contributed by atoms with Crippen LogP contribution in [0.3, 0.4) is 0 Å². The first kappa shape index (κ1) is 14.1. The van der Waals surface area contributed by atoms with Crippen LogP contribution in [0.25, 0.3) is 0 Å². The zero-order chi connectivity index (χ0) is 13.7. The molecule has 1 saturated heterocycles. The van der Waals surface area contributed by atoms with Crippen LogP contribution in [0, 0.1) is 0 Å². The van der Waals surface area contributed by atoms with Gasteiger partial charge >= 0.3 is 0 Å². The summed E-state index contributed by atoms with van der Waals surface area (Å²) in [5.74, 6) is 1.60. The van der Waals surface area contributed by atoms with Crippen LogP contribution >= 0.6 is 12.2 Å². The van der Waals surface area contributed by atoms with Crippen LogP contribution in [0.1, 0.15) is 5.56 Å². The molecule has 0 unspecified atom stereocenters. The Hall–Kier alpha value is -1.33. The fourth-order valence-electron chi connectivity index (χ4n) is 2.09. The molecule has 1 aromatic carbocycles. The van der Waals surface area contributed by atoms with E-state index in [0.29, 0.717) is 6.42 Å². The summed E-state index contributed by atoms with van der Waals surface area (Å²) in [7, 11) is 3.31. The van der Waals surface area contributed by atoms with Crippen LogP contribution in [0.15, 0.2) is 18.2 Å². The van der Waals surface area contributed by atoms with Crippen molar-refractivity contribution < 1.29 is 14.2 Å². The van der Waals surface area contributed by atoms with Crippen molar-refractivity contribution in [2.45, 2.75) is 6.42 Å². The first-order valence-corrected chi connectivity index (χ1v) is 6.72. The SMILES string of the molecule is COc1ccc(CC(=S)N2CCOCC2)c(OC)c1. The highest BCUT2D eigenvalue weighted by Gasteiger charge is 2.15. The largest absolute Gasteiger partial charge is 0.497 e. The quantitative estimate of drug-likeness (QED) is 0.787. The molecule has 0 spiro atoms. The van der Waals surface area contributed by atoms with Crippen molar-refractivity contribution in [3.63, 3.8) is 0 Å². The minimum absolute atomic E-state index is 0.711. The van der Waals surface area contributed by atoms with Crippen LogP contribution in [-0.4, -0.2) is 50.4 Å². The van der Waals surface area contributed by atoms with E-state index in [2.05, 4.69) is 4.90 Å². The van der Waals surface area contributed by atoms with E-state index >= 15 is 0 Å². The maximum Gasteiger partial charge on any atom is 0.126 e. The fourth-order valence-corrected chi connectivity index (χ4v) is 2.42. The molecule has 1 fully saturated rings. The molecule has 0 bridgehead atoms. The van der Waals surface area contributed by atoms with Gasteiger partial charge in [0.1, 0.15) is 11.5 Å². The van der Waals surface area contributed by atoms with Crippen molar-refractivity contribution in [3.05, 3.63) is 23.8 Å². The number of nitrogens with zero attached hydrogens (tertiary/aromatic N) is 1. The van der Waals surface area contributed by atoms with Gasteiger partial charge in [-0.1, -0.05) is 18.3 Å². The van der Waals surface area contributed by atoms with Crippen LogP contribution in [-0.2, 0) is 11.2 Å². The molecule has 1 aliphatic rings. The average molecular weight is 281 g/mol. The topological polar surface area (TPSA) is 30.9 Å². The Labute approximate surface area is 119 Å². The normalized spacial score (nSPS) is 15.2. The molecule has 0 amide bonds. The lowest BCUT2D eigenvalue weighted by Crippen LogP contribution is -2.40. The Morgan fingerprint density at radius 2 is 2.00 bits per heavy atom. The van der Waals surface area contributed by atoms with Gasteiger partial charge in [-0.25, -0.2) is 0 Å². The number of hydrogen-bond donors (Lipinski definition) is 0.